The van der Waals surface area contributed by atoms with Crippen molar-refractivity contribution in [3.8, 4) is 0 Å². The summed E-state index contributed by atoms with van der Waals surface area (Å²) in [4.78, 5) is 6.04. The first-order valence-electron chi connectivity index (χ1n) is 7.26. The van der Waals surface area contributed by atoms with E-state index in [4.69, 9.17) is 0 Å². The highest BCUT2D eigenvalue weighted by molar-refractivity contribution is 5.79. The van der Waals surface area contributed by atoms with E-state index in [-0.39, 0.29) is 12.1 Å². The number of nitrogens with zero attached hydrogens (tertiary/aromatic N) is 2. The first-order chi connectivity index (χ1) is 10.8. The molecule has 1 aromatic rings. The molecular formula is C15H22F4N4. The van der Waals surface area contributed by atoms with Gasteiger partial charge in [0.1, 0.15) is 5.82 Å². The first-order valence-corrected chi connectivity index (χ1v) is 7.26. The molecule has 0 amide bonds. The smallest absolute Gasteiger partial charge is 0.355 e. The average molecular weight is 334 g/mol. The summed E-state index contributed by atoms with van der Waals surface area (Å²) in [5.74, 6) is -0.516. The van der Waals surface area contributed by atoms with E-state index in [0.717, 1.165) is 25.2 Å². The third-order valence-electron chi connectivity index (χ3n) is 3.37. The number of alkyl halides is 3. The second-order valence-electron chi connectivity index (χ2n) is 5.05. The van der Waals surface area contributed by atoms with Gasteiger partial charge in [-0.25, -0.2) is 4.39 Å². The fourth-order valence-electron chi connectivity index (χ4n) is 1.89. The highest BCUT2D eigenvalue weighted by atomic mass is 19.4. The van der Waals surface area contributed by atoms with E-state index in [2.05, 4.69) is 20.5 Å². The molecule has 0 aliphatic rings. The molecule has 0 aromatic heterocycles. The van der Waals surface area contributed by atoms with E-state index in [0.29, 0.717) is 18.6 Å². The molecule has 1 rings (SSSR count). The van der Waals surface area contributed by atoms with E-state index < -0.39 is 17.6 Å². The van der Waals surface area contributed by atoms with Crippen molar-refractivity contribution < 1.29 is 17.6 Å². The number of guanidine groups is 1. The summed E-state index contributed by atoms with van der Waals surface area (Å²) in [6.07, 6.45) is -4.60. The summed E-state index contributed by atoms with van der Waals surface area (Å²) < 4.78 is 51.8. The first kappa shape index (κ1) is 19.2. The van der Waals surface area contributed by atoms with Crippen molar-refractivity contribution in [1.82, 2.24) is 15.5 Å². The number of rotatable bonds is 6. The highest BCUT2D eigenvalue weighted by Gasteiger charge is 2.33. The molecule has 0 saturated carbocycles. The zero-order valence-corrected chi connectivity index (χ0v) is 13.5. The minimum Gasteiger partial charge on any atom is -0.355 e. The Morgan fingerprint density at radius 1 is 1.26 bits per heavy atom. The van der Waals surface area contributed by atoms with Crippen LogP contribution in [0.3, 0.4) is 0 Å². The molecule has 130 valence electrons. The third kappa shape index (κ3) is 6.43. The SMILES string of the molecule is CCN(C)CCNC(=NC)NCc1ccc(F)cc1C(F)(F)F. The normalized spacial score (nSPS) is 12.6. The van der Waals surface area contributed by atoms with Gasteiger partial charge in [-0.1, -0.05) is 13.0 Å². The van der Waals surface area contributed by atoms with E-state index >= 15 is 0 Å². The Kier molecular flexibility index (Phi) is 7.28. The zero-order chi connectivity index (χ0) is 17.5. The molecular weight excluding hydrogens is 312 g/mol. The second kappa shape index (κ2) is 8.71. The maximum Gasteiger partial charge on any atom is 0.416 e. The molecule has 0 atom stereocenters. The van der Waals surface area contributed by atoms with Gasteiger partial charge in [0.15, 0.2) is 5.96 Å². The van der Waals surface area contributed by atoms with E-state index in [9.17, 15) is 17.6 Å². The number of benzene rings is 1. The van der Waals surface area contributed by atoms with Crippen LogP contribution in [0.1, 0.15) is 18.1 Å². The molecule has 0 saturated heterocycles. The van der Waals surface area contributed by atoms with Gasteiger partial charge in [-0.3, -0.25) is 4.99 Å². The Bertz CT molecular complexity index is 529. The van der Waals surface area contributed by atoms with Crippen molar-refractivity contribution in [3.63, 3.8) is 0 Å². The molecule has 0 bridgehead atoms. The van der Waals surface area contributed by atoms with Crippen LogP contribution in [0.2, 0.25) is 0 Å². The zero-order valence-electron chi connectivity index (χ0n) is 13.5. The number of hydrogen-bond acceptors (Lipinski definition) is 2. The monoisotopic (exact) mass is 334 g/mol. The van der Waals surface area contributed by atoms with Crippen molar-refractivity contribution in [2.45, 2.75) is 19.6 Å². The van der Waals surface area contributed by atoms with Gasteiger partial charge in [0.05, 0.1) is 5.56 Å². The van der Waals surface area contributed by atoms with Crippen molar-refractivity contribution >= 4 is 5.96 Å². The lowest BCUT2D eigenvalue weighted by Crippen LogP contribution is -2.40. The lowest BCUT2D eigenvalue weighted by Gasteiger charge is -2.18. The minimum absolute atomic E-state index is 0.0347. The molecule has 0 radical (unpaired) electrons. The predicted octanol–water partition coefficient (Wildman–Crippen LogP) is 2.46. The molecule has 0 aliphatic carbocycles. The van der Waals surface area contributed by atoms with Gasteiger partial charge in [-0.15, -0.1) is 0 Å². The molecule has 0 heterocycles. The average Bonchev–Trinajstić information content (AvgIpc) is 2.50. The van der Waals surface area contributed by atoms with Crippen LogP contribution in [0.5, 0.6) is 0 Å². The number of halogens is 4. The van der Waals surface area contributed by atoms with Crippen LogP contribution in [0.25, 0.3) is 0 Å². The molecule has 2 N–H and O–H groups in total. The van der Waals surface area contributed by atoms with Crippen LogP contribution < -0.4 is 10.6 Å². The predicted molar refractivity (Wildman–Crippen MR) is 82.8 cm³/mol. The van der Waals surface area contributed by atoms with Crippen molar-refractivity contribution in [3.05, 3.63) is 35.1 Å². The van der Waals surface area contributed by atoms with Crippen LogP contribution in [-0.4, -0.2) is 44.6 Å². The van der Waals surface area contributed by atoms with Gasteiger partial charge < -0.3 is 15.5 Å². The van der Waals surface area contributed by atoms with Crippen molar-refractivity contribution in [1.29, 1.82) is 0 Å². The van der Waals surface area contributed by atoms with Crippen molar-refractivity contribution in [2.24, 2.45) is 4.99 Å². The molecule has 0 unspecified atom stereocenters. The third-order valence-corrected chi connectivity index (χ3v) is 3.37. The maximum absolute atomic E-state index is 13.1. The standard InChI is InChI=1S/C15H22F4N4/c1-4-23(3)8-7-21-14(20-2)22-10-11-5-6-12(16)9-13(11)15(17,18)19/h5-6,9H,4,7-8,10H2,1-3H3,(H2,20,21,22). The Balaban J connectivity index is 2.66. The Hall–Kier alpha value is -1.83. The summed E-state index contributed by atoms with van der Waals surface area (Å²) >= 11 is 0. The van der Waals surface area contributed by atoms with Gasteiger partial charge in [0, 0.05) is 26.7 Å². The largest absolute Gasteiger partial charge is 0.416 e. The number of hydrogen-bond donors (Lipinski definition) is 2. The molecule has 23 heavy (non-hydrogen) atoms. The van der Waals surface area contributed by atoms with Gasteiger partial charge in [-0.2, -0.15) is 13.2 Å². The lowest BCUT2D eigenvalue weighted by molar-refractivity contribution is -0.138. The lowest BCUT2D eigenvalue weighted by atomic mass is 10.1. The van der Waals surface area contributed by atoms with Crippen LogP contribution in [0, 0.1) is 5.82 Å². The molecule has 0 aliphatic heterocycles. The summed E-state index contributed by atoms with van der Waals surface area (Å²) in [5, 5.41) is 5.82. The minimum atomic E-state index is -4.60. The molecule has 0 fully saturated rings. The van der Waals surface area contributed by atoms with E-state index in [1.807, 2.05) is 14.0 Å². The highest BCUT2D eigenvalue weighted by Crippen LogP contribution is 2.32. The summed E-state index contributed by atoms with van der Waals surface area (Å²) in [7, 11) is 3.50. The summed E-state index contributed by atoms with van der Waals surface area (Å²) in [5.41, 5.74) is -1.02. The number of nitrogens with one attached hydrogen (secondary N) is 2. The fourth-order valence-corrected chi connectivity index (χ4v) is 1.89. The molecule has 0 spiro atoms. The van der Waals surface area contributed by atoms with Gasteiger partial charge in [0.2, 0.25) is 0 Å². The van der Waals surface area contributed by atoms with E-state index in [1.165, 1.54) is 7.05 Å². The van der Waals surface area contributed by atoms with Crippen LogP contribution in [0.4, 0.5) is 17.6 Å². The second-order valence-corrected chi connectivity index (χ2v) is 5.05. The Labute approximate surface area is 133 Å². The van der Waals surface area contributed by atoms with Crippen molar-refractivity contribution in [2.75, 3.05) is 33.7 Å². The van der Waals surface area contributed by atoms with Gasteiger partial charge >= 0.3 is 6.18 Å². The number of likely N-dealkylation sites (N-methyl/N-ethyl adjacent to an activating group) is 1. The maximum atomic E-state index is 13.1. The Morgan fingerprint density at radius 3 is 2.52 bits per heavy atom. The van der Waals surface area contributed by atoms with Crippen LogP contribution >= 0.6 is 0 Å². The summed E-state index contributed by atoms with van der Waals surface area (Å²) in [6.45, 7) is 4.22. The Morgan fingerprint density at radius 2 is 1.96 bits per heavy atom. The van der Waals surface area contributed by atoms with Gasteiger partial charge in [0.25, 0.3) is 0 Å². The topological polar surface area (TPSA) is 39.7 Å². The number of aliphatic imine (C=N–C) groups is 1. The molecule has 1 aromatic carbocycles. The molecule has 8 heteroatoms. The van der Waals surface area contributed by atoms with Crippen LogP contribution in [-0.2, 0) is 12.7 Å². The van der Waals surface area contributed by atoms with E-state index in [1.54, 1.807) is 0 Å². The van der Waals surface area contributed by atoms with Crippen LogP contribution in [0.15, 0.2) is 23.2 Å². The fraction of sp³-hybridized carbons (Fsp3) is 0.533. The quantitative estimate of drug-likeness (QED) is 0.477. The summed E-state index contributed by atoms with van der Waals surface area (Å²) in [6, 6.07) is 2.64. The molecule has 4 nitrogen and oxygen atoms in total. The van der Waals surface area contributed by atoms with Gasteiger partial charge in [-0.05, 0) is 31.3 Å².